The summed E-state index contributed by atoms with van der Waals surface area (Å²) >= 11 is 0. The fourth-order valence-electron chi connectivity index (χ4n) is 2.58. The van der Waals surface area contributed by atoms with Crippen LogP contribution in [-0.4, -0.2) is 49.6 Å². The third-order valence-corrected chi connectivity index (χ3v) is 4.02. The molecule has 1 aromatic heterocycles. The van der Waals surface area contributed by atoms with Crippen molar-refractivity contribution in [2.45, 2.75) is 6.92 Å². The summed E-state index contributed by atoms with van der Waals surface area (Å²) in [5, 5.41) is 2.70. The minimum atomic E-state index is -0.299. The molecule has 136 valence electrons. The highest BCUT2D eigenvalue weighted by Gasteiger charge is 2.12. The first-order valence-electron chi connectivity index (χ1n) is 8.44. The second-order valence-electron chi connectivity index (χ2n) is 5.92. The van der Waals surface area contributed by atoms with Gasteiger partial charge in [-0.1, -0.05) is 0 Å². The van der Waals surface area contributed by atoms with Gasteiger partial charge in [-0.2, -0.15) is 0 Å². The molecule has 1 aliphatic rings. The fourth-order valence-corrected chi connectivity index (χ4v) is 2.58. The highest BCUT2D eigenvalue weighted by Crippen LogP contribution is 2.17. The van der Waals surface area contributed by atoms with Crippen LogP contribution >= 0.6 is 0 Å². The number of nitrogens with one attached hydrogen (secondary N) is 1. The number of aromatic nitrogens is 1. The van der Waals surface area contributed by atoms with Gasteiger partial charge in [0.1, 0.15) is 11.6 Å². The lowest BCUT2D eigenvalue weighted by Crippen LogP contribution is -2.36. The number of rotatable bonds is 6. The average Bonchev–Trinajstić information content (AvgIpc) is 2.68. The molecular weight excluding hydrogens is 334 g/mol. The third kappa shape index (κ3) is 4.80. The van der Waals surface area contributed by atoms with Gasteiger partial charge in [-0.25, -0.2) is 4.98 Å². The summed E-state index contributed by atoms with van der Waals surface area (Å²) in [6.45, 7) is 4.46. The van der Waals surface area contributed by atoms with Crippen molar-refractivity contribution in [2.24, 2.45) is 0 Å². The van der Waals surface area contributed by atoms with Crippen LogP contribution in [0.4, 0.5) is 11.5 Å². The number of amides is 1. The van der Waals surface area contributed by atoms with Gasteiger partial charge in [-0.15, -0.1) is 0 Å². The number of anilines is 2. The topological polar surface area (TPSA) is 80.8 Å². The molecule has 1 saturated heterocycles. The van der Waals surface area contributed by atoms with Crippen LogP contribution in [0.1, 0.15) is 17.3 Å². The first-order valence-corrected chi connectivity index (χ1v) is 8.44. The molecule has 7 heteroatoms. The van der Waals surface area contributed by atoms with E-state index in [9.17, 15) is 9.59 Å². The first kappa shape index (κ1) is 17.9. The Morgan fingerprint density at radius 1 is 1.15 bits per heavy atom. The number of carbonyl (C=O) groups excluding carboxylic acids is 2. The molecule has 1 aromatic carbocycles. The van der Waals surface area contributed by atoms with Gasteiger partial charge in [0.25, 0.3) is 5.91 Å². The Morgan fingerprint density at radius 3 is 2.50 bits per heavy atom. The Hall–Kier alpha value is -2.93. The number of hydrogen-bond acceptors (Lipinski definition) is 6. The predicted molar refractivity (Wildman–Crippen MR) is 97.8 cm³/mol. The van der Waals surface area contributed by atoms with Gasteiger partial charge in [-0.3, -0.25) is 9.59 Å². The number of morpholine rings is 1. The van der Waals surface area contributed by atoms with E-state index in [-0.39, 0.29) is 18.3 Å². The summed E-state index contributed by atoms with van der Waals surface area (Å²) in [5.74, 6) is 0.691. The number of carbonyl (C=O) groups is 2. The van der Waals surface area contributed by atoms with Crippen LogP contribution < -0.4 is 15.0 Å². The highest BCUT2D eigenvalue weighted by atomic mass is 16.5. The number of nitrogens with zero attached hydrogens (tertiary/aromatic N) is 2. The van der Waals surface area contributed by atoms with E-state index < -0.39 is 0 Å². The molecule has 0 saturated carbocycles. The maximum atomic E-state index is 12.0. The minimum absolute atomic E-state index is 0.0131. The molecule has 3 rings (SSSR count). The number of ether oxygens (including phenoxy) is 2. The van der Waals surface area contributed by atoms with E-state index in [1.54, 1.807) is 36.5 Å². The van der Waals surface area contributed by atoms with E-state index in [0.29, 0.717) is 30.3 Å². The standard InChI is InChI=1S/C19H21N3O4/c1-14(23)15-2-5-17(6-3-15)26-13-19(24)21-18-7-4-16(12-20-18)22-8-10-25-11-9-22/h2-7,12H,8-11,13H2,1H3,(H,20,21,24). The molecule has 1 fully saturated rings. The van der Waals surface area contributed by atoms with Crippen molar-refractivity contribution in [1.82, 2.24) is 4.98 Å². The van der Waals surface area contributed by atoms with Gasteiger partial charge in [-0.05, 0) is 43.3 Å². The Morgan fingerprint density at radius 2 is 1.88 bits per heavy atom. The fraction of sp³-hybridized carbons (Fsp3) is 0.316. The van der Waals surface area contributed by atoms with Crippen molar-refractivity contribution in [3.63, 3.8) is 0 Å². The van der Waals surface area contributed by atoms with Crippen molar-refractivity contribution in [1.29, 1.82) is 0 Å². The van der Waals surface area contributed by atoms with E-state index in [0.717, 1.165) is 18.8 Å². The summed E-state index contributed by atoms with van der Waals surface area (Å²) in [6, 6.07) is 10.4. The molecular formula is C19H21N3O4. The zero-order valence-corrected chi connectivity index (χ0v) is 14.6. The summed E-state index contributed by atoms with van der Waals surface area (Å²) < 4.78 is 10.7. The molecule has 26 heavy (non-hydrogen) atoms. The molecule has 7 nitrogen and oxygen atoms in total. The maximum absolute atomic E-state index is 12.0. The summed E-state index contributed by atoms with van der Waals surface area (Å²) in [6.07, 6.45) is 1.74. The van der Waals surface area contributed by atoms with E-state index in [1.807, 2.05) is 6.07 Å². The van der Waals surface area contributed by atoms with Gasteiger partial charge in [0.15, 0.2) is 12.4 Å². The van der Waals surface area contributed by atoms with Crippen LogP contribution in [0.3, 0.4) is 0 Å². The quantitative estimate of drug-likeness (QED) is 0.800. The van der Waals surface area contributed by atoms with Crippen LogP contribution in [0.2, 0.25) is 0 Å². The van der Waals surface area contributed by atoms with Gasteiger partial charge in [0, 0.05) is 18.7 Å². The van der Waals surface area contributed by atoms with Gasteiger partial charge < -0.3 is 19.7 Å². The second-order valence-corrected chi connectivity index (χ2v) is 5.92. The highest BCUT2D eigenvalue weighted by molar-refractivity contribution is 5.94. The molecule has 1 N–H and O–H groups in total. The van der Waals surface area contributed by atoms with Gasteiger partial charge >= 0.3 is 0 Å². The monoisotopic (exact) mass is 355 g/mol. The van der Waals surface area contributed by atoms with Crippen LogP contribution in [0.25, 0.3) is 0 Å². The molecule has 0 radical (unpaired) electrons. The van der Waals surface area contributed by atoms with Crippen molar-refractivity contribution >= 4 is 23.2 Å². The van der Waals surface area contributed by atoms with Gasteiger partial charge in [0.2, 0.25) is 0 Å². The van der Waals surface area contributed by atoms with Crippen LogP contribution in [0, 0.1) is 0 Å². The van der Waals surface area contributed by atoms with E-state index in [4.69, 9.17) is 9.47 Å². The Labute approximate surface area is 151 Å². The lowest BCUT2D eigenvalue weighted by atomic mass is 10.1. The molecule has 0 bridgehead atoms. The smallest absolute Gasteiger partial charge is 0.263 e. The molecule has 0 aliphatic carbocycles. The number of Topliss-reactive ketones (excluding diaryl/α,β-unsaturated/α-hetero) is 1. The number of benzene rings is 1. The normalized spacial score (nSPS) is 14.0. The Bertz CT molecular complexity index is 753. The molecule has 0 spiro atoms. The number of ketones is 1. The Balaban J connectivity index is 1.49. The number of pyridine rings is 1. The average molecular weight is 355 g/mol. The molecule has 1 aliphatic heterocycles. The molecule has 2 heterocycles. The van der Waals surface area contributed by atoms with Gasteiger partial charge in [0.05, 0.1) is 25.1 Å². The maximum Gasteiger partial charge on any atom is 0.263 e. The zero-order valence-electron chi connectivity index (χ0n) is 14.6. The van der Waals surface area contributed by atoms with E-state index >= 15 is 0 Å². The van der Waals surface area contributed by atoms with Crippen molar-refractivity contribution in [2.75, 3.05) is 43.1 Å². The largest absolute Gasteiger partial charge is 0.484 e. The lowest BCUT2D eigenvalue weighted by molar-refractivity contribution is -0.118. The van der Waals surface area contributed by atoms with Crippen LogP contribution in [-0.2, 0) is 9.53 Å². The van der Waals surface area contributed by atoms with Crippen LogP contribution in [0.15, 0.2) is 42.6 Å². The first-order chi connectivity index (χ1) is 12.6. The third-order valence-electron chi connectivity index (χ3n) is 4.02. The van der Waals surface area contributed by atoms with E-state index in [2.05, 4.69) is 15.2 Å². The van der Waals surface area contributed by atoms with Crippen molar-refractivity contribution in [3.05, 3.63) is 48.2 Å². The lowest BCUT2D eigenvalue weighted by Gasteiger charge is -2.28. The summed E-state index contributed by atoms with van der Waals surface area (Å²) in [7, 11) is 0. The summed E-state index contributed by atoms with van der Waals surface area (Å²) in [4.78, 5) is 29.7. The molecule has 0 unspecified atom stereocenters. The van der Waals surface area contributed by atoms with Crippen LogP contribution in [0.5, 0.6) is 5.75 Å². The Kier molecular flexibility index (Phi) is 5.80. The SMILES string of the molecule is CC(=O)c1ccc(OCC(=O)Nc2ccc(N3CCOCC3)cn2)cc1. The predicted octanol–water partition coefficient (Wildman–Crippen LogP) is 2.14. The van der Waals surface area contributed by atoms with Crippen molar-refractivity contribution < 1.29 is 19.1 Å². The molecule has 0 atom stereocenters. The second kappa shape index (κ2) is 8.44. The number of hydrogen-bond donors (Lipinski definition) is 1. The van der Waals surface area contributed by atoms with Crippen molar-refractivity contribution in [3.8, 4) is 5.75 Å². The van der Waals surface area contributed by atoms with E-state index in [1.165, 1.54) is 6.92 Å². The minimum Gasteiger partial charge on any atom is -0.484 e. The molecule has 1 amide bonds. The molecule has 2 aromatic rings. The zero-order chi connectivity index (χ0) is 18.4. The summed E-state index contributed by atoms with van der Waals surface area (Å²) in [5.41, 5.74) is 1.61.